The first kappa shape index (κ1) is 7.08. The smallest absolute Gasteiger partial charge is 0.318 e. The van der Waals surface area contributed by atoms with E-state index in [9.17, 15) is 4.79 Å². The van der Waals surface area contributed by atoms with Crippen LogP contribution in [0.1, 0.15) is 0 Å². The molecule has 0 aromatic rings. The van der Waals surface area contributed by atoms with Crippen LogP contribution in [0, 0.1) is 0 Å². The van der Waals surface area contributed by atoms with Gasteiger partial charge in [-0.1, -0.05) is 11.8 Å². The van der Waals surface area contributed by atoms with Gasteiger partial charge in [0.05, 0.1) is 6.54 Å². The summed E-state index contributed by atoms with van der Waals surface area (Å²) in [5.74, 6) is -0.793. The van der Waals surface area contributed by atoms with Crippen LogP contribution in [0.15, 0.2) is 4.99 Å². The molecule has 0 bridgehead atoms. The number of rotatable bonds is 1. The number of nitrogens with zero attached hydrogens (tertiary/aromatic N) is 1. The molecule has 0 aromatic carbocycles. The summed E-state index contributed by atoms with van der Waals surface area (Å²) in [6.45, 7) is 0.389. The summed E-state index contributed by atoms with van der Waals surface area (Å²) in [4.78, 5) is 14.1. The molecule has 0 fully saturated rings. The van der Waals surface area contributed by atoms with E-state index in [1.807, 2.05) is 0 Å². The number of carboxylic acid groups (broad SMARTS) is 1. The zero-order valence-electron chi connectivity index (χ0n) is 4.37. The van der Waals surface area contributed by atoms with E-state index in [2.05, 4.69) is 20.9 Å². The van der Waals surface area contributed by atoms with Crippen molar-refractivity contribution in [3.63, 3.8) is 0 Å². The van der Waals surface area contributed by atoms with Gasteiger partial charge in [-0.3, -0.25) is 9.79 Å². The number of carboxylic acids is 1. The van der Waals surface area contributed by atoms with Crippen LogP contribution >= 0.6 is 27.7 Å². The minimum atomic E-state index is -0.793. The molecule has 1 rings (SSSR count). The van der Waals surface area contributed by atoms with Gasteiger partial charge in [0, 0.05) is 0 Å². The van der Waals surface area contributed by atoms with E-state index in [4.69, 9.17) is 5.11 Å². The van der Waals surface area contributed by atoms with Crippen LogP contribution in [0.4, 0.5) is 0 Å². The molecule has 1 aliphatic rings. The second-order valence-electron chi connectivity index (χ2n) is 1.54. The Morgan fingerprint density at radius 2 is 2.67 bits per heavy atom. The SMILES string of the molecule is O=C(O)C1CN=C(Br)S1. The van der Waals surface area contributed by atoms with Crippen molar-refractivity contribution in [2.24, 2.45) is 4.99 Å². The first-order valence-corrected chi connectivity index (χ1v) is 3.97. The number of halogens is 1. The van der Waals surface area contributed by atoms with Gasteiger partial charge in [-0.05, 0) is 15.9 Å². The third kappa shape index (κ3) is 1.69. The Bertz CT molecular complexity index is 170. The molecule has 1 atom stereocenters. The van der Waals surface area contributed by atoms with Gasteiger partial charge in [-0.25, -0.2) is 0 Å². The first-order valence-electron chi connectivity index (χ1n) is 2.29. The van der Waals surface area contributed by atoms with Crippen molar-refractivity contribution in [3.05, 3.63) is 0 Å². The number of carbonyl (C=O) groups is 1. The van der Waals surface area contributed by atoms with E-state index in [0.717, 1.165) is 0 Å². The summed E-state index contributed by atoms with van der Waals surface area (Å²) in [6.07, 6.45) is 0. The van der Waals surface area contributed by atoms with Gasteiger partial charge in [0.25, 0.3) is 0 Å². The fraction of sp³-hybridized carbons (Fsp3) is 0.500. The Hall–Kier alpha value is -0.0300. The fourth-order valence-corrected chi connectivity index (χ4v) is 1.93. The van der Waals surface area contributed by atoms with E-state index in [-0.39, 0.29) is 5.25 Å². The molecule has 3 nitrogen and oxygen atoms in total. The van der Waals surface area contributed by atoms with Crippen LogP contribution in [0.3, 0.4) is 0 Å². The van der Waals surface area contributed by atoms with E-state index in [1.165, 1.54) is 11.8 Å². The zero-order chi connectivity index (χ0) is 6.85. The quantitative estimate of drug-likeness (QED) is 0.700. The molecule has 0 aromatic heterocycles. The number of hydrogen-bond acceptors (Lipinski definition) is 3. The Labute approximate surface area is 64.7 Å². The van der Waals surface area contributed by atoms with Crippen LogP contribution in [-0.4, -0.2) is 26.8 Å². The standard InChI is InChI=1S/C4H4BrNO2S/c5-4-6-1-2(9-4)3(7)8/h2H,1H2,(H,7,8). The highest BCUT2D eigenvalue weighted by Crippen LogP contribution is 2.24. The lowest BCUT2D eigenvalue weighted by Gasteiger charge is -1.96. The van der Waals surface area contributed by atoms with Crippen LogP contribution in [0.5, 0.6) is 0 Å². The third-order valence-electron chi connectivity index (χ3n) is 0.896. The minimum Gasteiger partial charge on any atom is -0.480 e. The number of thioether (sulfide) groups is 1. The molecule has 0 saturated carbocycles. The molecule has 1 N–H and O–H groups in total. The molecule has 0 radical (unpaired) electrons. The summed E-state index contributed by atoms with van der Waals surface area (Å²) in [6, 6.07) is 0. The van der Waals surface area contributed by atoms with Gasteiger partial charge in [0.2, 0.25) is 0 Å². The van der Waals surface area contributed by atoms with Gasteiger partial charge in [-0.15, -0.1) is 0 Å². The Morgan fingerprint density at radius 1 is 2.00 bits per heavy atom. The topological polar surface area (TPSA) is 49.7 Å². The van der Waals surface area contributed by atoms with E-state index in [0.29, 0.717) is 10.5 Å². The van der Waals surface area contributed by atoms with Crippen LogP contribution in [0.2, 0.25) is 0 Å². The molecule has 0 spiro atoms. The van der Waals surface area contributed by atoms with Gasteiger partial charge in [0.15, 0.2) is 0 Å². The normalized spacial score (nSPS) is 25.9. The number of aliphatic carboxylic acids is 1. The molecule has 0 aliphatic carbocycles. The maximum absolute atomic E-state index is 10.2. The average molecular weight is 210 g/mol. The predicted octanol–water partition coefficient (Wildman–Crippen LogP) is 0.937. The molecule has 9 heavy (non-hydrogen) atoms. The second kappa shape index (κ2) is 2.70. The van der Waals surface area contributed by atoms with Crippen LogP contribution in [0.25, 0.3) is 0 Å². The predicted molar refractivity (Wildman–Crippen MR) is 40.2 cm³/mol. The van der Waals surface area contributed by atoms with Crippen molar-refractivity contribution >= 4 is 37.6 Å². The lowest BCUT2D eigenvalue weighted by molar-refractivity contribution is -0.136. The molecule has 5 heteroatoms. The second-order valence-corrected chi connectivity index (χ2v) is 4.01. The molecular weight excluding hydrogens is 206 g/mol. The highest BCUT2D eigenvalue weighted by molar-refractivity contribution is 9.22. The van der Waals surface area contributed by atoms with Crippen molar-refractivity contribution in [3.8, 4) is 0 Å². The first-order chi connectivity index (χ1) is 4.20. The maximum Gasteiger partial charge on any atom is 0.318 e. The molecule has 0 amide bonds. The maximum atomic E-state index is 10.2. The fourth-order valence-electron chi connectivity index (χ4n) is 0.475. The Kier molecular flexibility index (Phi) is 2.13. The summed E-state index contributed by atoms with van der Waals surface area (Å²) in [5, 5.41) is 8.04. The van der Waals surface area contributed by atoms with E-state index < -0.39 is 5.97 Å². The Morgan fingerprint density at radius 3 is 2.89 bits per heavy atom. The summed E-state index contributed by atoms with van der Waals surface area (Å²) >= 11 is 4.34. The highest BCUT2D eigenvalue weighted by Gasteiger charge is 2.24. The lowest BCUT2D eigenvalue weighted by atomic mass is 10.4. The van der Waals surface area contributed by atoms with Crippen molar-refractivity contribution in [1.29, 1.82) is 0 Å². The molecule has 50 valence electrons. The van der Waals surface area contributed by atoms with Gasteiger partial charge >= 0.3 is 5.97 Å². The highest BCUT2D eigenvalue weighted by atomic mass is 79.9. The summed E-state index contributed by atoms with van der Waals surface area (Å²) in [5.41, 5.74) is 0. The monoisotopic (exact) mass is 209 g/mol. The molecule has 1 unspecified atom stereocenters. The number of hydrogen-bond donors (Lipinski definition) is 1. The Balaban J connectivity index is 2.47. The van der Waals surface area contributed by atoms with Gasteiger partial charge in [-0.2, -0.15) is 0 Å². The summed E-state index contributed by atoms with van der Waals surface area (Å²) in [7, 11) is 0. The van der Waals surface area contributed by atoms with Crippen LogP contribution in [-0.2, 0) is 4.79 Å². The van der Waals surface area contributed by atoms with Crippen molar-refractivity contribution in [1.82, 2.24) is 0 Å². The minimum absolute atomic E-state index is 0.376. The van der Waals surface area contributed by atoms with Crippen LogP contribution < -0.4 is 0 Å². The lowest BCUT2D eigenvalue weighted by Crippen LogP contribution is -2.16. The van der Waals surface area contributed by atoms with E-state index >= 15 is 0 Å². The van der Waals surface area contributed by atoms with Crippen molar-refractivity contribution in [2.75, 3.05) is 6.54 Å². The van der Waals surface area contributed by atoms with Crippen molar-refractivity contribution in [2.45, 2.75) is 5.25 Å². The molecule has 1 aliphatic heterocycles. The van der Waals surface area contributed by atoms with Gasteiger partial charge in [0.1, 0.15) is 9.20 Å². The van der Waals surface area contributed by atoms with E-state index in [1.54, 1.807) is 0 Å². The third-order valence-corrected chi connectivity index (χ3v) is 2.67. The summed E-state index contributed by atoms with van der Waals surface area (Å²) < 4.78 is 0.690. The zero-order valence-corrected chi connectivity index (χ0v) is 6.78. The average Bonchev–Trinajstić information content (AvgIpc) is 2.14. The van der Waals surface area contributed by atoms with Crippen molar-refractivity contribution < 1.29 is 9.90 Å². The molecule has 0 saturated heterocycles. The molecule has 1 heterocycles. The largest absolute Gasteiger partial charge is 0.480 e. The molecular formula is C4H4BrNO2S. The number of aliphatic imine (C=N–C) groups is 1. The van der Waals surface area contributed by atoms with Gasteiger partial charge < -0.3 is 5.11 Å².